The Balaban J connectivity index is 2.70. The third-order valence-electron chi connectivity index (χ3n) is 2.93. The maximum Gasteiger partial charge on any atom is 0.343 e. The monoisotopic (exact) mass is 262 g/mol. The van der Waals surface area contributed by atoms with E-state index < -0.39 is 11.5 Å². The fraction of sp³-hybridized carbons (Fsp3) is 0.231. The lowest BCUT2D eigenvalue weighted by atomic mass is 10.0. The van der Waals surface area contributed by atoms with Crippen LogP contribution >= 0.6 is 0 Å². The van der Waals surface area contributed by atoms with Gasteiger partial charge in [0, 0.05) is 5.56 Å². The number of carbonyl (C=O) groups is 1. The van der Waals surface area contributed by atoms with Crippen molar-refractivity contribution in [1.29, 1.82) is 0 Å². The number of aryl methyl sites for hydroxylation is 1. The Labute approximate surface area is 109 Å². The van der Waals surface area contributed by atoms with Gasteiger partial charge in [0.15, 0.2) is 5.56 Å². The van der Waals surface area contributed by atoms with Gasteiger partial charge < -0.3 is 9.84 Å². The molecule has 100 valence electrons. The average molecular weight is 262 g/mol. The average Bonchev–Trinajstić information content (AvgIpc) is 2.79. The summed E-state index contributed by atoms with van der Waals surface area (Å²) in [6, 6.07) is 5.46. The van der Waals surface area contributed by atoms with E-state index in [4.69, 9.17) is 9.84 Å². The molecule has 19 heavy (non-hydrogen) atoms. The maximum absolute atomic E-state index is 11.5. The SMILES string of the molecule is CCc1ccc(OC)c(-c2[nH][nH]c(=O)c2C(=O)O)c1. The number of carboxylic acids is 1. The van der Waals surface area contributed by atoms with Crippen LogP contribution < -0.4 is 10.3 Å². The minimum Gasteiger partial charge on any atom is -0.496 e. The van der Waals surface area contributed by atoms with Gasteiger partial charge in [-0.25, -0.2) is 4.79 Å². The van der Waals surface area contributed by atoms with E-state index in [0.29, 0.717) is 11.3 Å². The first-order valence-corrected chi connectivity index (χ1v) is 5.79. The lowest BCUT2D eigenvalue weighted by molar-refractivity contribution is 0.0696. The van der Waals surface area contributed by atoms with E-state index in [1.165, 1.54) is 7.11 Å². The van der Waals surface area contributed by atoms with Crippen LogP contribution in [0.25, 0.3) is 11.3 Å². The predicted octanol–water partition coefficient (Wildman–Crippen LogP) is 1.64. The second kappa shape index (κ2) is 5.01. The van der Waals surface area contributed by atoms with Crippen molar-refractivity contribution in [3.8, 4) is 17.0 Å². The molecule has 0 aliphatic heterocycles. The molecule has 1 heterocycles. The van der Waals surface area contributed by atoms with E-state index in [2.05, 4.69) is 10.2 Å². The summed E-state index contributed by atoms with van der Waals surface area (Å²) in [6.45, 7) is 1.99. The molecule has 0 unspecified atom stereocenters. The van der Waals surface area contributed by atoms with Crippen LogP contribution in [-0.4, -0.2) is 28.4 Å². The Morgan fingerprint density at radius 1 is 1.37 bits per heavy atom. The van der Waals surface area contributed by atoms with Crippen LogP contribution in [0.3, 0.4) is 0 Å². The highest BCUT2D eigenvalue weighted by molar-refractivity contribution is 5.95. The summed E-state index contributed by atoms with van der Waals surface area (Å²) in [5.74, 6) is -0.767. The highest BCUT2D eigenvalue weighted by atomic mass is 16.5. The van der Waals surface area contributed by atoms with Crippen molar-refractivity contribution in [3.63, 3.8) is 0 Å². The van der Waals surface area contributed by atoms with Crippen LogP contribution in [0.2, 0.25) is 0 Å². The molecule has 1 aromatic heterocycles. The van der Waals surface area contributed by atoms with Gasteiger partial charge in [0.2, 0.25) is 0 Å². The molecule has 3 N–H and O–H groups in total. The van der Waals surface area contributed by atoms with Crippen LogP contribution in [0.4, 0.5) is 0 Å². The molecule has 0 saturated carbocycles. The summed E-state index contributed by atoms with van der Waals surface area (Å²) < 4.78 is 5.21. The summed E-state index contributed by atoms with van der Waals surface area (Å²) >= 11 is 0. The van der Waals surface area contributed by atoms with Crippen LogP contribution in [0.5, 0.6) is 5.75 Å². The lowest BCUT2D eigenvalue weighted by Gasteiger charge is -2.09. The fourth-order valence-corrected chi connectivity index (χ4v) is 1.93. The normalized spacial score (nSPS) is 10.4. The summed E-state index contributed by atoms with van der Waals surface area (Å²) in [5.41, 5.74) is 0.828. The highest BCUT2D eigenvalue weighted by Crippen LogP contribution is 2.30. The third-order valence-corrected chi connectivity index (χ3v) is 2.93. The topological polar surface area (TPSA) is 95.2 Å². The molecule has 0 fully saturated rings. The number of aromatic amines is 2. The number of benzene rings is 1. The van der Waals surface area contributed by atoms with Crippen molar-refractivity contribution in [2.24, 2.45) is 0 Å². The zero-order valence-corrected chi connectivity index (χ0v) is 10.6. The molecule has 0 spiro atoms. The number of ether oxygens (including phenoxy) is 1. The standard InChI is InChI=1S/C13H14N2O4/c1-3-7-4-5-9(19-2)8(6-7)11-10(13(17)18)12(16)15-14-11/h4-6H,3H2,1-2H3,(H,17,18)(H2,14,15,16). The first-order chi connectivity index (χ1) is 9.08. The Bertz CT molecular complexity index is 670. The van der Waals surface area contributed by atoms with Crippen molar-refractivity contribution in [2.45, 2.75) is 13.3 Å². The van der Waals surface area contributed by atoms with E-state index in [1.54, 1.807) is 6.07 Å². The Kier molecular flexibility index (Phi) is 3.41. The summed E-state index contributed by atoms with van der Waals surface area (Å²) in [5, 5.41) is 14.0. The van der Waals surface area contributed by atoms with Gasteiger partial charge in [-0.2, -0.15) is 0 Å². The maximum atomic E-state index is 11.5. The fourth-order valence-electron chi connectivity index (χ4n) is 1.93. The van der Waals surface area contributed by atoms with Gasteiger partial charge in [-0.1, -0.05) is 13.0 Å². The van der Waals surface area contributed by atoms with Gasteiger partial charge in [0.25, 0.3) is 5.56 Å². The first kappa shape index (κ1) is 12.9. The van der Waals surface area contributed by atoms with E-state index in [9.17, 15) is 9.59 Å². The summed E-state index contributed by atoms with van der Waals surface area (Å²) in [7, 11) is 1.50. The first-order valence-electron chi connectivity index (χ1n) is 5.79. The molecule has 0 saturated heterocycles. The molecule has 0 radical (unpaired) electrons. The summed E-state index contributed by atoms with van der Waals surface area (Å²) in [4.78, 5) is 22.7. The largest absolute Gasteiger partial charge is 0.496 e. The van der Waals surface area contributed by atoms with E-state index in [0.717, 1.165) is 12.0 Å². The van der Waals surface area contributed by atoms with Crippen LogP contribution in [0.1, 0.15) is 22.8 Å². The third kappa shape index (κ3) is 2.24. The predicted molar refractivity (Wildman–Crippen MR) is 69.7 cm³/mol. The van der Waals surface area contributed by atoms with Crippen molar-refractivity contribution < 1.29 is 14.6 Å². The van der Waals surface area contributed by atoms with Gasteiger partial charge >= 0.3 is 5.97 Å². The minimum absolute atomic E-state index is 0.227. The van der Waals surface area contributed by atoms with Gasteiger partial charge in [-0.15, -0.1) is 0 Å². The smallest absolute Gasteiger partial charge is 0.343 e. The number of hydrogen-bond acceptors (Lipinski definition) is 3. The number of nitrogens with one attached hydrogen (secondary N) is 2. The number of rotatable bonds is 4. The van der Waals surface area contributed by atoms with Gasteiger partial charge in [-0.3, -0.25) is 15.0 Å². The number of H-pyrrole nitrogens is 2. The molecule has 0 aliphatic carbocycles. The minimum atomic E-state index is -1.28. The molecule has 0 aliphatic rings. The zero-order chi connectivity index (χ0) is 14.0. The molecule has 1 aromatic carbocycles. The van der Waals surface area contributed by atoms with Gasteiger partial charge in [-0.05, 0) is 24.1 Å². The van der Waals surface area contributed by atoms with Gasteiger partial charge in [0.05, 0.1) is 12.8 Å². The second-order valence-corrected chi connectivity index (χ2v) is 4.02. The lowest BCUT2D eigenvalue weighted by Crippen LogP contribution is -2.12. The van der Waals surface area contributed by atoms with Crippen LogP contribution in [-0.2, 0) is 6.42 Å². The molecule has 2 rings (SSSR count). The number of carboxylic acid groups (broad SMARTS) is 1. The van der Waals surface area contributed by atoms with E-state index in [1.807, 2.05) is 19.1 Å². The molecule has 6 heteroatoms. The molecule has 0 atom stereocenters. The quantitative estimate of drug-likeness (QED) is 0.780. The molecule has 2 aromatic rings. The second-order valence-electron chi connectivity index (χ2n) is 4.02. The zero-order valence-electron chi connectivity index (χ0n) is 10.6. The molecule has 0 bridgehead atoms. The van der Waals surface area contributed by atoms with Crippen molar-refractivity contribution in [2.75, 3.05) is 7.11 Å². The summed E-state index contributed by atoms with van der Waals surface area (Å²) in [6.07, 6.45) is 0.800. The molecule has 6 nitrogen and oxygen atoms in total. The molecular weight excluding hydrogens is 248 g/mol. The van der Waals surface area contributed by atoms with E-state index in [-0.39, 0.29) is 11.3 Å². The van der Waals surface area contributed by atoms with E-state index >= 15 is 0 Å². The number of hydrogen-bond donors (Lipinski definition) is 3. The number of aromatic carboxylic acids is 1. The Morgan fingerprint density at radius 2 is 2.11 bits per heavy atom. The van der Waals surface area contributed by atoms with Crippen LogP contribution in [0.15, 0.2) is 23.0 Å². The van der Waals surface area contributed by atoms with Gasteiger partial charge in [0.1, 0.15) is 5.75 Å². The molecular formula is C13H14N2O4. The van der Waals surface area contributed by atoms with Crippen molar-refractivity contribution in [1.82, 2.24) is 10.2 Å². The van der Waals surface area contributed by atoms with Crippen molar-refractivity contribution >= 4 is 5.97 Å². The molecule has 0 amide bonds. The van der Waals surface area contributed by atoms with Crippen molar-refractivity contribution in [3.05, 3.63) is 39.7 Å². The highest BCUT2D eigenvalue weighted by Gasteiger charge is 2.21. The van der Waals surface area contributed by atoms with Crippen LogP contribution in [0, 0.1) is 0 Å². The Morgan fingerprint density at radius 3 is 2.68 bits per heavy atom. The Hall–Kier alpha value is -2.50. The number of methoxy groups -OCH3 is 1. The number of aromatic nitrogens is 2.